The average Bonchev–Trinajstić information content (AvgIpc) is 3.17. The quantitative estimate of drug-likeness (QED) is 0.331. The zero-order chi connectivity index (χ0) is 23.9. The molecule has 0 aliphatic carbocycles. The molecule has 3 aromatic carbocycles. The number of fused-ring (bicyclic) bond motifs is 3. The second kappa shape index (κ2) is 8.59. The minimum Gasteiger partial charge on any atom is -0.341 e. The number of para-hydroxylation sites is 1. The fraction of sp³-hybridized carbons (Fsp3) is 0.0769. The molecule has 0 fully saturated rings. The van der Waals surface area contributed by atoms with Crippen molar-refractivity contribution in [3.8, 4) is 0 Å². The maximum Gasteiger partial charge on any atom is 0.257 e. The highest BCUT2D eigenvalue weighted by atomic mass is 35.5. The molecular weight excluding hydrogens is 470 g/mol. The van der Waals surface area contributed by atoms with Crippen LogP contribution in [0.4, 0.5) is 5.69 Å². The van der Waals surface area contributed by atoms with E-state index in [1.165, 1.54) is 42.6 Å². The predicted octanol–water partition coefficient (Wildman–Crippen LogP) is 5.95. The number of hydrogen-bond donors (Lipinski definition) is 1. The molecule has 0 saturated heterocycles. The zero-order valence-corrected chi connectivity index (χ0v) is 19.8. The summed E-state index contributed by atoms with van der Waals surface area (Å²) in [6.45, 7) is 2.94. The number of carbonyl (C=O) groups is 1. The first kappa shape index (κ1) is 22.1. The molecule has 6 nitrogen and oxygen atoms in total. The van der Waals surface area contributed by atoms with Crippen molar-refractivity contribution >= 4 is 54.8 Å². The standard InChI is InChI=1S/C26H20ClN3O3S/c1-2-30-23-6-4-3-5-21(23)22-15-19(10-13-24(22)30)29-26(31)17-7-14-25(28-16-17)34(32,33)20-11-8-18(27)9-12-20/h3-16H,2H2,1H3,(H,29,31). The Morgan fingerprint density at radius 3 is 2.38 bits per heavy atom. The third-order valence-corrected chi connectivity index (χ3v) is 7.68. The van der Waals surface area contributed by atoms with Crippen molar-refractivity contribution in [1.29, 1.82) is 0 Å². The van der Waals surface area contributed by atoms with Crippen LogP contribution in [0.25, 0.3) is 21.8 Å². The summed E-state index contributed by atoms with van der Waals surface area (Å²) in [5, 5.41) is 5.36. The third-order valence-electron chi connectivity index (χ3n) is 5.74. The summed E-state index contributed by atoms with van der Waals surface area (Å²) in [5.41, 5.74) is 3.14. The topological polar surface area (TPSA) is 81.1 Å². The van der Waals surface area contributed by atoms with Crippen molar-refractivity contribution in [2.45, 2.75) is 23.4 Å². The minimum absolute atomic E-state index is 0.0844. The monoisotopic (exact) mass is 489 g/mol. The van der Waals surface area contributed by atoms with Crippen molar-refractivity contribution in [1.82, 2.24) is 9.55 Å². The number of sulfone groups is 1. The highest BCUT2D eigenvalue weighted by molar-refractivity contribution is 7.91. The first-order chi connectivity index (χ1) is 16.4. The van der Waals surface area contributed by atoms with Crippen molar-refractivity contribution in [2.24, 2.45) is 0 Å². The van der Waals surface area contributed by atoms with Crippen LogP contribution in [0.5, 0.6) is 0 Å². The molecule has 0 spiro atoms. The third kappa shape index (κ3) is 3.83. The van der Waals surface area contributed by atoms with E-state index >= 15 is 0 Å². The molecule has 34 heavy (non-hydrogen) atoms. The molecule has 1 N–H and O–H groups in total. The first-order valence-corrected chi connectivity index (χ1v) is 12.5. The summed E-state index contributed by atoms with van der Waals surface area (Å²) in [5.74, 6) is -0.374. The van der Waals surface area contributed by atoms with Crippen LogP contribution in [0.1, 0.15) is 17.3 Å². The molecule has 0 saturated carbocycles. The molecule has 170 valence electrons. The molecule has 0 bridgehead atoms. The van der Waals surface area contributed by atoms with E-state index in [0.717, 1.165) is 28.4 Å². The number of carbonyl (C=O) groups excluding carboxylic acids is 1. The SMILES string of the molecule is CCn1c2ccccc2c2cc(NC(=O)c3ccc(S(=O)(=O)c4ccc(Cl)cc4)nc3)ccc21. The molecule has 0 radical (unpaired) electrons. The lowest BCUT2D eigenvalue weighted by atomic mass is 10.1. The van der Waals surface area contributed by atoms with Gasteiger partial charge in [-0.25, -0.2) is 13.4 Å². The number of hydrogen-bond acceptors (Lipinski definition) is 4. The van der Waals surface area contributed by atoms with Gasteiger partial charge in [0.05, 0.1) is 10.5 Å². The molecule has 0 unspecified atom stereocenters. The van der Waals surface area contributed by atoms with Gasteiger partial charge in [0.1, 0.15) is 0 Å². The number of anilines is 1. The Hall–Kier alpha value is -3.68. The number of aromatic nitrogens is 2. The van der Waals surface area contributed by atoms with Gasteiger partial charge in [-0.3, -0.25) is 4.79 Å². The Morgan fingerprint density at radius 2 is 1.68 bits per heavy atom. The van der Waals surface area contributed by atoms with Gasteiger partial charge in [-0.05, 0) is 67.6 Å². The Labute approximate surface area is 201 Å². The van der Waals surface area contributed by atoms with E-state index in [2.05, 4.69) is 33.9 Å². The Morgan fingerprint density at radius 1 is 0.941 bits per heavy atom. The van der Waals surface area contributed by atoms with Crippen LogP contribution in [0.15, 0.2) is 95.0 Å². The van der Waals surface area contributed by atoms with Crippen molar-refractivity contribution < 1.29 is 13.2 Å². The number of benzene rings is 3. The van der Waals surface area contributed by atoms with Crippen LogP contribution in [-0.2, 0) is 16.4 Å². The van der Waals surface area contributed by atoms with Crippen LogP contribution in [0, 0.1) is 0 Å². The van der Waals surface area contributed by atoms with Crippen LogP contribution in [-0.4, -0.2) is 23.9 Å². The maximum absolute atomic E-state index is 12.8. The van der Waals surface area contributed by atoms with Crippen molar-refractivity contribution in [2.75, 3.05) is 5.32 Å². The molecule has 8 heteroatoms. The summed E-state index contributed by atoms with van der Waals surface area (Å²) in [4.78, 5) is 16.9. The van der Waals surface area contributed by atoms with E-state index in [9.17, 15) is 13.2 Å². The molecule has 2 aromatic heterocycles. The van der Waals surface area contributed by atoms with Crippen LogP contribution < -0.4 is 5.32 Å². The summed E-state index contributed by atoms with van der Waals surface area (Å²) in [7, 11) is -3.81. The minimum atomic E-state index is -3.81. The summed E-state index contributed by atoms with van der Waals surface area (Å²) < 4.78 is 27.8. The molecular formula is C26H20ClN3O3S. The number of amides is 1. The normalized spacial score (nSPS) is 11.7. The number of rotatable bonds is 5. The first-order valence-electron chi connectivity index (χ1n) is 10.7. The smallest absolute Gasteiger partial charge is 0.257 e. The number of aryl methyl sites for hydroxylation is 1. The molecule has 0 aliphatic rings. The van der Waals surface area contributed by atoms with Crippen molar-refractivity contribution in [3.63, 3.8) is 0 Å². The molecule has 1 amide bonds. The maximum atomic E-state index is 12.8. The number of halogens is 1. The lowest BCUT2D eigenvalue weighted by Crippen LogP contribution is -2.13. The van der Waals surface area contributed by atoms with Gasteiger partial charge >= 0.3 is 0 Å². The van der Waals surface area contributed by atoms with Crippen molar-refractivity contribution in [3.05, 3.63) is 95.6 Å². The van der Waals surface area contributed by atoms with Gasteiger partial charge in [0.2, 0.25) is 9.84 Å². The Bertz CT molecular complexity index is 1640. The fourth-order valence-corrected chi connectivity index (χ4v) is 5.38. The van der Waals surface area contributed by atoms with Gasteiger partial charge in [0, 0.05) is 45.3 Å². The predicted molar refractivity (Wildman–Crippen MR) is 134 cm³/mol. The van der Waals surface area contributed by atoms with Crippen LogP contribution in [0.3, 0.4) is 0 Å². The van der Waals surface area contributed by atoms with E-state index < -0.39 is 9.84 Å². The molecule has 0 aliphatic heterocycles. The summed E-state index contributed by atoms with van der Waals surface area (Å²) >= 11 is 5.84. The van der Waals surface area contributed by atoms with Gasteiger partial charge < -0.3 is 9.88 Å². The number of nitrogens with zero attached hydrogens (tertiary/aromatic N) is 2. The number of nitrogens with one attached hydrogen (secondary N) is 1. The van der Waals surface area contributed by atoms with Crippen LogP contribution in [0.2, 0.25) is 5.02 Å². The highest BCUT2D eigenvalue weighted by Gasteiger charge is 2.20. The summed E-state index contributed by atoms with van der Waals surface area (Å²) in [6.07, 6.45) is 1.26. The van der Waals surface area contributed by atoms with Gasteiger partial charge in [-0.1, -0.05) is 29.8 Å². The Balaban J connectivity index is 1.41. The van der Waals surface area contributed by atoms with E-state index in [0.29, 0.717) is 10.7 Å². The molecule has 5 aromatic rings. The van der Waals surface area contributed by atoms with E-state index in [-0.39, 0.29) is 21.4 Å². The Kier molecular flexibility index (Phi) is 5.59. The van der Waals surface area contributed by atoms with Gasteiger partial charge in [0.15, 0.2) is 5.03 Å². The van der Waals surface area contributed by atoms with E-state index in [4.69, 9.17) is 11.6 Å². The lowest BCUT2D eigenvalue weighted by Gasteiger charge is -2.08. The number of pyridine rings is 1. The largest absolute Gasteiger partial charge is 0.341 e. The van der Waals surface area contributed by atoms with E-state index in [1.54, 1.807) is 0 Å². The highest BCUT2D eigenvalue weighted by Crippen LogP contribution is 2.31. The molecule has 0 atom stereocenters. The lowest BCUT2D eigenvalue weighted by molar-refractivity contribution is 0.102. The van der Waals surface area contributed by atoms with E-state index in [1.807, 2.05) is 30.3 Å². The summed E-state index contributed by atoms with van der Waals surface area (Å²) in [6, 6.07) is 22.6. The van der Waals surface area contributed by atoms with Gasteiger partial charge in [0.25, 0.3) is 5.91 Å². The second-order valence-corrected chi connectivity index (χ2v) is 10.1. The molecule has 5 rings (SSSR count). The zero-order valence-electron chi connectivity index (χ0n) is 18.2. The molecule has 2 heterocycles. The van der Waals surface area contributed by atoms with Gasteiger partial charge in [-0.2, -0.15) is 0 Å². The van der Waals surface area contributed by atoms with Gasteiger partial charge in [-0.15, -0.1) is 0 Å². The fourth-order valence-electron chi connectivity index (χ4n) is 4.08. The average molecular weight is 490 g/mol. The second-order valence-electron chi connectivity index (χ2n) is 7.79. The van der Waals surface area contributed by atoms with Crippen LogP contribution >= 0.6 is 11.6 Å².